The molecule has 2 N–H and O–H groups in total. The van der Waals surface area contributed by atoms with Gasteiger partial charge < -0.3 is 10.5 Å². The second-order valence-electron chi connectivity index (χ2n) is 6.36. The molecule has 0 aromatic rings. The van der Waals surface area contributed by atoms with Crippen LogP contribution < -0.4 is 5.73 Å². The van der Waals surface area contributed by atoms with E-state index in [0.29, 0.717) is 17.9 Å². The molecule has 3 heteroatoms. The van der Waals surface area contributed by atoms with Crippen LogP contribution in [0.3, 0.4) is 0 Å². The van der Waals surface area contributed by atoms with Crippen LogP contribution >= 0.6 is 0 Å². The van der Waals surface area contributed by atoms with Crippen LogP contribution in [0.25, 0.3) is 0 Å². The molecule has 0 amide bonds. The van der Waals surface area contributed by atoms with Gasteiger partial charge in [0.1, 0.15) is 0 Å². The van der Waals surface area contributed by atoms with E-state index in [-0.39, 0.29) is 0 Å². The van der Waals surface area contributed by atoms with Crippen LogP contribution in [-0.2, 0) is 4.74 Å². The van der Waals surface area contributed by atoms with Gasteiger partial charge in [-0.2, -0.15) is 0 Å². The van der Waals surface area contributed by atoms with E-state index in [1.54, 1.807) is 7.11 Å². The van der Waals surface area contributed by atoms with Crippen molar-refractivity contribution in [1.82, 2.24) is 4.90 Å². The van der Waals surface area contributed by atoms with Crippen LogP contribution in [0.4, 0.5) is 0 Å². The fraction of sp³-hybridized carbons (Fsp3) is 1.00. The molecule has 1 aliphatic carbocycles. The number of nitrogens with zero attached hydrogens (tertiary/aromatic N) is 1. The summed E-state index contributed by atoms with van der Waals surface area (Å²) in [5, 5.41) is 0. The van der Waals surface area contributed by atoms with Crippen molar-refractivity contribution in [3.8, 4) is 0 Å². The molecule has 1 fully saturated rings. The van der Waals surface area contributed by atoms with Crippen LogP contribution in [0.15, 0.2) is 0 Å². The van der Waals surface area contributed by atoms with E-state index >= 15 is 0 Å². The van der Waals surface area contributed by atoms with Crippen molar-refractivity contribution in [3.63, 3.8) is 0 Å². The Hall–Kier alpha value is -0.120. The van der Waals surface area contributed by atoms with Crippen molar-refractivity contribution < 1.29 is 4.74 Å². The Bertz CT molecular complexity index is 221. The summed E-state index contributed by atoms with van der Waals surface area (Å²) in [6, 6.07) is 0.663. The van der Waals surface area contributed by atoms with Gasteiger partial charge in [0.2, 0.25) is 0 Å². The Balaban J connectivity index is 2.65. The third-order valence-corrected chi connectivity index (χ3v) is 4.17. The Kier molecular flexibility index (Phi) is 7.20. The van der Waals surface area contributed by atoms with E-state index < -0.39 is 0 Å². The molecule has 0 spiro atoms. The monoisotopic (exact) mass is 256 g/mol. The number of methoxy groups -OCH3 is 1. The topological polar surface area (TPSA) is 38.5 Å². The summed E-state index contributed by atoms with van der Waals surface area (Å²) in [4.78, 5) is 2.63. The highest BCUT2D eigenvalue weighted by Gasteiger charge is 2.32. The van der Waals surface area contributed by atoms with Gasteiger partial charge in [0.15, 0.2) is 0 Å². The van der Waals surface area contributed by atoms with Gasteiger partial charge in [-0.05, 0) is 37.1 Å². The maximum atomic E-state index is 5.98. The normalized spacial score (nSPS) is 29.2. The molecule has 0 bridgehead atoms. The zero-order chi connectivity index (χ0) is 13.5. The van der Waals surface area contributed by atoms with Crippen molar-refractivity contribution >= 4 is 0 Å². The Morgan fingerprint density at radius 3 is 2.61 bits per heavy atom. The molecule has 18 heavy (non-hydrogen) atoms. The number of nitrogens with two attached hydrogens (primary N) is 1. The Morgan fingerprint density at radius 2 is 2.06 bits per heavy atom. The summed E-state index contributed by atoms with van der Waals surface area (Å²) in [7, 11) is 1.79. The lowest BCUT2D eigenvalue weighted by Gasteiger charge is -2.42. The largest absolute Gasteiger partial charge is 0.383 e. The molecule has 3 unspecified atom stereocenters. The van der Waals surface area contributed by atoms with Crippen LogP contribution in [-0.4, -0.2) is 44.3 Å². The molecular weight excluding hydrogens is 224 g/mol. The lowest BCUT2D eigenvalue weighted by Crippen LogP contribution is -2.49. The van der Waals surface area contributed by atoms with Crippen LogP contribution in [0.1, 0.15) is 40.0 Å². The van der Waals surface area contributed by atoms with E-state index in [4.69, 9.17) is 10.5 Å². The smallest absolute Gasteiger partial charge is 0.0589 e. The van der Waals surface area contributed by atoms with Gasteiger partial charge in [0.25, 0.3) is 0 Å². The van der Waals surface area contributed by atoms with Crippen LogP contribution in [0.2, 0.25) is 0 Å². The van der Waals surface area contributed by atoms with E-state index in [1.165, 1.54) is 19.3 Å². The molecule has 0 radical (unpaired) electrons. The van der Waals surface area contributed by atoms with Crippen molar-refractivity contribution in [3.05, 3.63) is 0 Å². The van der Waals surface area contributed by atoms with E-state index in [0.717, 1.165) is 32.2 Å². The zero-order valence-electron chi connectivity index (χ0n) is 12.7. The molecule has 0 aliphatic heterocycles. The molecule has 1 rings (SSSR count). The first kappa shape index (κ1) is 15.9. The lowest BCUT2D eigenvalue weighted by molar-refractivity contribution is 0.0515. The van der Waals surface area contributed by atoms with Gasteiger partial charge in [-0.15, -0.1) is 0 Å². The quantitative estimate of drug-likeness (QED) is 0.760. The predicted octanol–water partition coefficient (Wildman–Crippen LogP) is 2.35. The maximum absolute atomic E-state index is 5.98. The first-order valence-electron chi connectivity index (χ1n) is 7.51. The fourth-order valence-corrected chi connectivity index (χ4v) is 3.21. The van der Waals surface area contributed by atoms with Crippen molar-refractivity contribution in [2.75, 3.05) is 33.4 Å². The standard InChI is InChI=1S/C15H32N2O/c1-12(2)11-17(7-8-18-4)15-9-13(3)5-6-14(15)10-16/h12-15H,5-11,16H2,1-4H3. The third-order valence-electron chi connectivity index (χ3n) is 4.17. The second kappa shape index (κ2) is 8.13. The fourth-order valence-electron chi connectivity index (χ4n) is 3.21. The minimum atomic E-state index is 0.663. The van der Waals surface area contributed by atoms with Gasteiger partial charge in [-0.1, -0.05) is 27.2 Å². The number of rotatable bonds is 7. The first-order chi connectivity index (χ1) is 8.58. The minimum Gasteiger partial charge on any atom is -0.383 e. The number of ether oxygens (including phenoxy) is 1. The first-order valence-corrected chi connectivity index (χ1v) is 7.51. The SMILES string of the molecule is COCCN(CC(C)C)C1CC(C)CCC1CN. The highest BCUT2D eigenvalue weighted by Crippen LogP contribution is 2.32. The van der Waals surface area contributed by atoms with Gasteiger partial charge in [0, 0.05) is 26.2 Å². The van der Waals surface area contributed by atoms with Crippen LogP contribution in [0.5, 0.6) is 0 Å². The van der Waals surface area contributed by atoms with E-state index in [1.807, 2.05) is 0 Å². The van der Waals surface area contributed by atoms with E-state index in [2.05, 4.69) is 25.7 Å². The zero-order valence-corrected chi connectivity index (χ0v) is 12.7. The van der Waals surface area contributed by atoms with Gasteiger partial charge in [0.05, 0.1) is 6.61 Å². The maximum Gasteiger partial charge on any atom is 0.0589 e. The van der Waals surface area contributed by atoms with Gasteiger partial charge >= 0.3 is 0 Å². The Morgan fingerprint density at radius 1 is 1.33 bits per heavy atom. The van der Waals surface area contributed by atoms with Crippen molar-refractivity contribution in [2.45, 2.75) is 46.1 Å². The average molecular weight is 256 g/mol. The van der Waals surface area contributed by atoms with Crippen LogP contribution in [0, 0.1) is 17.8 Å². The number of hydrogen-bond donors (Lipinski definition) is 1. The summed E-state index contributed by atoms with van der Waals surface area (Å²) in [5.74, 6) is 2.23. The molecule has 3 atom stereocenters. The van der Waals surface area contributed by atoms with Crippen molar-refractivity contribution in [2.24, 2.45) is 23.5 Å². The molecule has 0 heterocycles. The molecular formula is C15H32N2O. The summed E-state index contributed by atoms with van der Waals surface area (Å²) in [5.41, 5.74) is 5.98. The van der Waals surface area contributed by atoms with Gasteiger partial charge in [-0.3, -0.25) is 4.90 Å². The average Bonchev–Trinajstić information content (AvgIpc) is 2.34. The third kappa shape index (κ3) is 4.87. The molecule has 1 aliphatic rings. The number of hydrogen-bond acceptors (Lipinski definition) is 3. The molecule has 108 valence electrons. The predicted molar refractivity (Wildman–Crippen MR) is 77.6 cm³/mol. The van der Waals surface area contributed by atoms with E-state index in [9.17, 15) is 0 Å². The second-order valence-corrected chi connectivity index (χ2v) is 6.36. The summed E-state index contributed by atoms with van der Waals surface area (Å²) >= 11 is 0. The van der Waals surface area contributed by atoms with Crippen molar-refractivity contribution in [1.29, 1.82) is 0 Å². The van der Waals surface area contributed by atoms with Gasteiger partial charge in [-0.25, -0.2) is 0 Å². The molecule has 0 aromatic carbocycles. The summed E-state index contributed by atoms with van der Waals surface area (Å²) in [6.45, 7) is 10.8. The molecule has 0 aromatic heterocycles. The summed E-state index contributed by atoms with van der Waals surface area (Å²) in [6.07, 6.45) is 3.94. The molecule has 0 saturated heterocycles. The summed E-state index contributed by atoms with van der Waals surface area (Å²) < 4.78 is 5.27. The Labute approximate surface area is 113 Å². The molecule has 1 saturated carbocycles. The molecule has 3 nitrogen and oxygen atoms in total. The lowest BCUT2D eigenvalue weighted by atomic mass is 9.78. The highest BCUT2D eigenvalue weighted by molar-refractivity contribution is 4.86. The minimum absolute atomic E-state index is 0.663. The highest BCUT2D eigenvalue weighted by atomic mass is 16.5.